The summed E-state index contributed by atoms with van der Waals surface area (Å²) in [6.45, 7) is 12.0. The van der Waals surface area contributed by atoms with Crippen LogP contribution in [0.15, 0.2) is 60.7 Å². The molecule has 0 saturated heterocycles. The van der Waals surface area contributed by atoms with Crippen LogP contribution < -0.4 is 43.0 Å². The molecule has 0 aliphatic rings. The van der Waals surface area contributed by atoms with Gasteiger partial charge in [0.2, 0.25) is 0 Å². The van der Waals surface area contributed by atoms with Crippen LogP contribution in [-0.4, -0.2) is 176 Å². The lowest BCUT2D eigenvalue weighted by molar-refractivity contribution is -0.132. The van der Waals surface area contributed by atoms with E-state index in [9.17, 15) is 52.0 Å². The molecule has 2 aromatic rings. The molecule has 0 saturated carbocycles. The number of sulfone groups is 2. The van der Waals surface area contributed by atoms with E-state index in [0.717, 1.165) is 30.1 Å². The van der Waals surface area contributed by atoms with E-state index >= 15 is 0 Å². The topological polar surface area (TPSA) is 354 Å². The minimum atomic E-state index is -3.36. The van der Waals surface area contributed by atoms with E-state index in [-0.39, 0.29) is 36.7 Å². The molecule has 2 amide bonds. The molecule has 0 fully saturated rings. The Kier molecular flexibility index (Phi) is 32.5. The molecule has 16 N–H and O–H groups in total. The molecule has 23 heteroatoms. The number of benzene rings is 2. The SMILES string of the molecule is CCCC(N)C(O)C(=O)NCC(O)NC(C)c1ccccc1.CCCC(NC(O)C(CS(C)(=O)=O)NCC)C(O)C(=O)NCC(O)NC(C)c1ccccc1.CCNC(CS(C)(=O)=O)C(O)O. The lowest BCUT2D eigenvalue weighted by Gasteiger charge is -2.30. The van der Waals surface area contributed by atoms with Gasteiger partial charge in [0.05, 0.1) is 36.7 Å². The highest BCUT2D eigenvalue weighted by atomic mass is 32.2. The average molecular weight is 995 g/mol. The molecule has 0 aliphatic heterocycles. The molecular formula is C44H82N8O13S2. The van der Waals surface area contributed by atoms with E-state index < -0.39 is 92.8 Å². The van der Waals surface area contributed by atoms with E-state index in [1.807, 2.05) is 88.4 Å². The number of carbonyl (C=O) groups is 2. The second-order valence-electron chi connectivity index (χ2n) is 16.4. The van der Waals surface area contributed by atoms with Crippen molar-refractivity contribution in [2.75, 3.05) is 50.2 Å². The van der Waals surface area contributed by atoms with Gasteiger partial charge in [-0.05, 0) is 50.9 Å². The summed E-state index contributed by atoms with van der Waals surface area (Å²) in [5.41, 5.74) is 7.72. The maximum atomic E-state index is 12.5. The monoisotopic (exact) mass is 995 g/mol. The zero-order chi connectivity index (χ0) is 51.3. The van der Waals surface area contributed by atoms with Crippen LogP contribution >= 0.6 is 0 Å². The number of nitrogens with two attached hydrogens (primary N) is 1. The fourth-order valence-corrected chi connectivity index (χ4v) is 8.41. The molecule has 388 valence electrons. The van der Waals surface area contributed by atoms with Crippen molar-refractivity contribution in [1.29, 1.82) is 0 Å². The van der Waals surface area contributed by atoms with Crippen LogP contribution in [0, 0.1) is 0 Å². The first kappa shape index (κ1) is 63.8. The fraction of sp³-hybridized carbons (Fsp3) is 0.682. The smallest absolute Gasteiger partial charge is 0.250 e. The molecule has 0 heterocycles. The van der Waals surface area contributed by atoms with Gasteiger partial charge in [0.25, 0.3) is 11.8 Å². The van der Waals surface area contributed by atoms with Crippen LogP contribution in [0.3, 0.4) is 0 Å². The maximum absolute atomic E-state index is 12.5. The van der Waals surface area contributed by atoms with Crippen molar-refractivity contribution in [3.63, 3.8) is 0 Å². The van der Waals surface area contributed by atoms with Gasteiger partial charge in [-0.25, -0.2) is 16.8 Å². The maximum Gasteiger partial charge on any atom is 0.250 e. The summed E-state index contributed by atoms with van der Waals surface area (Å²) in [7, 11) is -6.54. The summed E-state index contributed by atoms with van der Waals surface area (Å²) in [5.74, 6) is -1.83. The third kappa shape index (κ3) is 29.4. The van der Waals surface area contributed by atoms with E-state index in [2.05, 4.69) is 37.2 Å². The summed E-state index contributed by atoms with van der Waals surface area (Å²) in [6.07, 6.45) is -3.14. The lowest BCUT2D eigenvalue weighted by Crippen LogP contribution is -2.59. The Morgan fingerprint density at radius 1 is 0.567 bits per heavy atom. The number of rotatable bonds is 30. The van der Waals surface area contributed by atoms with Gasteiger partial charge in [0.1, 0.15) is 50.6 Å². The van der Waals surface area contributed by atoms with Crippen molar-refractivity contribution in [2.45, 2.75) is 141 Å². The third-order valence-corrected chi connectivity index (χ3v) is 11.9. The van der Waals surface area contributed by atoms with E-state index in [0.29, 0.717) is 32.4 Å². The Hall–Kier alpha value is -3.24. The predicted molar refractivity (Wildman–Crippen MR) is 259 cm³/mol. The Morgan fingerprint density at radius 2 is 0.955 bits per heavy atom. The Balaban J connectivity index is 0.00000110. The average Bonchev–Trinajstić information content (AvgIpc) is 3.26. The molecule has 0 bridgehead atoms. The highest BCUT2D eigenvalue weighted by Crippen LogP contribution is 2.13. The first-order valence-corrected chi connectivity index (χ1v) is 26.7. The van der Waals surface area contributed by atoms with Crippen LogP contribution in [-0.2, 0) is 29.3 Å². The predicted octanol–water partition coefficient (Wildman–Crippen LogP) is -2.19. The van der Waals surface area contributed by atoms with Crippen molar-refractivity contribution in [3.8, 4) is 0 Å². The number of nitrogens with one attached hydrogen (secondary N) is 7. The van der Waals surface area contributed by atoms with Crippen LogP contribution in [0.25, 0.3) is 0 Å². The van der Waals surface area contributed by atoms with Crippen molar-refractivity contribution in [3.05, 3.63) is 71.8 Å². The van der Waals surface area contributed by atoms with Gasteiger partial charge in [-0.15, -0.1) is 0 Å². The Morgan fingerprint density at radius 3 is 1.33 bits per heavy atom. The first-order chi connectivity index (χ1) is 31.3. The Labute approximate surface area is 398 Å². The van der Waals surface area contributed by atoms with E-state index in [1.54, 1.807) is 13.8 Å². The summed E-state index contributed by atoms with van der Waals surface area (Å²) < 4.78 is 44.9. The van der Waals surface area contributed by atoms with E-state index in [4.69, 9.17) is 15.9 Å². The van der Waals surface area contributed by atoms with Crippen molar-refractivity contribution in [1.82, 2.24) is 37.2 Å². The van der Waals surface area contributed by atoms with Gasteiger partial charge in [-0.2, -0.15) is 0 Å². The molecule has 11 atom stereocenters. The lowest BCUT2D eigenvalue weighted by atomic mass is 10.0. The summed E-state index contributed by atoms with van der Waals surface area (Å²) >= 11 is 0. The highest BCUT2D eigenvalue weighted by molar-refractivity contribution is 7.90. The molecule has 0 aliphatic carbocycles. The normalized spacial score (nSPS) is 16.8. The van der Waals surface area contributed by atoms with Crippen molar-refractivity contribution < 1.29 is 62.2 Å². The second-order valence-corrected chi connectivity index (χ2v) is 20.8. The van der Waals surface area contributed by atoms with Gasteiger partial charge in [-0.3, -0.25) is 25.5 Å². The Bertz CT molecular complexity index is 1840. The number of carbonyl (C=O) groups excluding carboxylic acids is 2. The number of amides is 2. The summed E-state index contributed by atoms with van der Waals surface area (Å²) in [5, 5.41) is 87.7. The van der Waals surface area contributed by atoms with Crippen molar-refractivity contribution in [2.24, 2.45) is 5.73 Å². The fourth-order valence-electron chi connectivity index (χ4n) is 6.51. The van der Waals surface area contributed by atoms with Gasteiger partial charge in [-0.1, -0.05) is 101 Å². The highest BCUT2D eigenvalue weighted by Gasteiger charge is 2.31. The summed E-state index contributed by atoms with van der Waals surface area (Å²) in [4.78, 5) is 24.2. The van der Waals surface area contributed by atoms with Crippen molar-refractivity contribution >= 4 is 31.5 Å². The molecule has 2 aromatic carbocycles. The molecular weight excluding hydrogens is 913 g/mol. The van der Waals surface area contributed by atoms with Gasteiger partial charge >= 0.3 is 0 Å². The number of aliphatic hydroxyl groups is 7. The molecule has 21 nitrogen and oxygen atoms in total. The molecule has 0 spiro atoms. The van der Waals surface area contributed by atoms with Crippen LogP contribution in [0.2, 0.25) is 0 Å². The quantitative estimate of drug-likeness (QED) is 0.0370. The third-order valence-electron chi connectivity index (χ3n) is 9.99. The summed E-state index contributed by atoms with van der Waals surface area (Å²) in [6, 6.07) is 16.0. The molecule has 2 rings (SSSR count). The number of hydrogen-bond acceptors (Lipinski definition) is 19. The molecule has 67 heavy (non-hydrogen) atoms. The standard InChI is InChI=1S/C22H40N4O6S.C16H27N3O3.C6H15NO4S/c1-5-10-17(26-21(29)18(23-6-2)14-33(4,31)32)20(28)22(30)24-13-19(27)25-15(3)16-11-8-7-9-12-16;1-3-7-13(17)15(21)16(22)18-10-14(20)19-11(2)12-8-5-4-6-9-12;1-3-7-5(6(8)9)4-12(2,10)11/h7-9,11-12,15,17-21,23,25-29H,5-6,10,13-14H2,1-4H3,(H,24,30);4-6,8-9,11,13-15,19-21H,3,7,10,17H2,1-2H3,(H,18,22);5-9H,3-4H2,1-2H3. The molecule has 11 unspecified atom stereocenters. The largest absolute Gasteiger partial charge is 0.382 e. The van der Waals surface area contributed by atoms with Gasteiger partial charge in [0.15, 0.2) is 6.29 Å². The zero-order valence-corrected chi connectivity index (χ0v) is 41.9. The molecule has 0 radical (unpaired) electrons. The minimum Gasteiger partial charge on any atom is -0.382 e. The second kappa shape index (κ2) is 34.1. The van der Waals surface area contributed by atoms with Gasteiger partial charge < -0.3 is 62.7 Å². The van der Waals surface area contributed by atoms with Crippen LogP contribution in [0.1, 0.15) is 90.4 Å². The van der Waals surface area contributed by atoms with Crippen LogP contribution in [0.5, 0.6) is 0 Å². The van der Waals surface area contributed by atoms with Gasteiger partial charge in [0, 0.05) is 36.7 Å². The zero-order valence-electron chi connectivity index (χ0n) is 40.2. The van der Waals surface area contributed by atoms with E-state index in [1.165, 1.54) is 0 Å². The molecule has 0 aromatic heterocycles. The first-order valence-electron chi connectivity index (χ1n) is 22.6. The van der Waals surface area contributed by atoms with Crippen LogP contribution in [0.4, 0.5) is 0 Å². The minimum absolute atomic E-state index is 0.00586. The number of likely N-dealkylation sites (N-methyl/N-ethyl adjacent to an activating group) is 2. The number of aliphatic hydroxyl groups excluding tert-OH is 6. The number of hydrogen-bond donors (Lipinski definition) is 15.